The van der Waals surface area contributed by atoms with Crippen LogP contribution >= 0.6 is 0 Å². The molecule has 0 bridgehead atoms. The zero-order valence-electron chi connectivity index (χ0n) is 21.7. The lowest BCUT2D eigenvalue weighted by atomic mass is 10.0. The normalized spacial score (nSPS) is 22.6. The molecular formula is C29H33N5O4. The summed E-state index contributed by atoms with van der Waals surface area (Å²) in [5, 5.41) is 5.57. The van der Waals surface area contributed by atoms with Gasteiger partial charge in [-0.15, -0.1) is 0 Å². The number of hydrogen-bond donors (Lipinski definition) is 2. The largest absolute Gasteiger partial charge is 0.380 e. The quantitative estimate of drug-likeness (QED) is 0.546. The molecule has 3 aliphatic heterocycles. The van der Waals surface area contributed by atoms with Gasteiger partial charge >= 0.3 is 0 Å². The van der Waals surface area contributed by atoms with Crippen LogP contribution in [0.15, 0.2) is 36.4 Å². The number of amides is 4. The average molecular weight is 516 g/mol. The van der Waals surface area contributed by atoms with Crippen LogP contribution in [0.25, 0.3) is 0 Å². The van der Waals surface area contributed by atoms with Gasteiger partial charge in [0.1, 0.15) is 6.04 Å². The topological polar surface area (TPSA) is 102 Å². The first-order valence-corrected chi connectivity index (χ1v) is 13.5. The Kier molecular flexibility index (Phi) is 6.49. The third-order valence-electron chi connectivity index (χ3n) is 8.22. The summed E-state index contributed by atoms with van der Waals surface area (Å²) in [5.41, 5.74) is 4.77. The van der Waals surface area contributed by atoms with Crippen molar-refractivity contribution in [3.05, 3.63) is 64.2 Å². The number of imide groups is 2. The molecule has 1 aliphatic carbocycles. The zero-order chi connectivity index (χ0) is 26.4. The number of carbonyl (C=O) groups is 4. The molecule has 2 aromatic rings. The van der Waals surface area contributed by atoms with E-state index in [9.17, 15) is 19.2 Å². The van der Waals surface area contributed by atoms with Gasteiger partial charge in [-0.05, 0) is 55.0 Å². The van der Waals surface area contributed by atoms with Gasteiger partial charge in [0.05, 0.1) is 11.1 Å². The Morgan fingerprint density at radius 1 is 0.947 bits per heavy atom. The Morgan fingerprint density at radius 3 is 2.45 bits per heavy atom. The van der Waals surface area contributed by atoms with Crippen molar-refractivity contribution in [2.24, 2.45) is 0 Å². The summed E-state index contributed by atoms with van der Waals surface area (Å²) >= 11 is 0. The van der Waals surface area contributed by atoms with E-state index in [1.54, 1.807) is 18.2 Å². The lowest BCUT2D eigenvalue weighted by Crippen LogP contribution is -2.54. The summed E-state index contributed by atoms with van der Waals surface area (Å²) in [6, 6.07) is 11.5. The van der Waals surface area contributed by atoms with E-state index < -0.39 is 23.8 Å². The zero-order valence-corrected chi connectivity index (χ0v) is 21.7. The number of benzene rings is 2. The third kappa shape index (κ3) is 4.72. The molecule has 3 fully saturated rings. The van der Waals surface area contributed by atoms with Crippen LogP contribution in [-0.2, 0) is 22.7 Å². The first kappa shape index (κ1) is 24.8. The summed E-state index contributed by atoms with van der Waals surface area (Å²) < 4.78 is 0. The molecular weight excluding hydrogens is 482 g/mol. The van der Waals surface area contributed by atoms with Crippen LogP contribution in [0.5, 0.6) is 0 Å². The minimum absolute atomic E-state index is 0.0982. The van der Waals surface area contributed by atoms with Crippen LogP contribution in [0.4, 0.5) is 5.69 Å². The lowest BCUT2D eigenvalue weighted by Gasteiger charge is -2.35. The number of nitrogens with one attached hydrogen (secondary N) is 2. The lowest BCUT2D eigenvalue weighted by molar-refractivity contribution is -0.136. The van der Waals surface area contributed by atoms with Crippen molar-refractivity contribution >= 4 is 29.3 Å². The summed E-state index contributed by atoms with van der Waals surface area (Å²) in [4.78, 5) is 56.4. The van der Waals surface area contributed by atoms with E-state index >= 15 is 0 Å². The second kappa shape index (κ2) is 9.96. The monoisotopic (exact) mass is 515 g/mol. The fourth-order valence-electron chi connectivity index (χ4n) is 5.87. The molecule has 1 atom stereocenters. The molecule has 4 aliphatic rings. The fraction of sp³-hybridized carbons (Fsp3) is 0.448. The van der Waals surface area contributed by atoms with Gasteiger partial charge in [0.15, 0.2) is 0 Å². The van der Waals surface area contributed by atoms with Gasteiger partial charge in [-0.1, -0.05) is 24.3 Å². The molecule has 6 rings (SSSR count). The predicted molar refractivity (Wildman–Crippen MR) is 141 cm³/mol. The van der Waals surface area contributed by atoms with Crippen molar-refractivity contribution in [1.82, 2.24) is 20.0 Å². The minimum Gasteiger partial charge on any atom is -0.380 e. The Balaban J connectivity index is 1.11. The van der Waals surface area contributed by atoms with Crippen molar-refractivity contribution in [2.75, 3.05) is 31.5 Å². The molecule has 198 valence electrons. The Morgan fingerprint density at radius 2 is 1.74 bits per heavy atom. The molecule has 1 saturated carbocycles. The summed E-state index contributed by atoms with van der Waals surface area (Å²) in [6.45, 7) is 8.14. The number of rotatable bonds is 7. The SMILES string of the molecule is Cc1cc(CNc2cccc3c2C(=O)N(C2CCC(=O)NC2=O)C3=O)ccc1CN1CCN(C2CC2)CC1. The highest BCUT2D eigenvalue weighted by atomic mass is 16.2. The maximum Gasteiger partial charge on any atom is 0.264 e. The molecule has 0 radical (unpaired) electrons. The standard InChI is InChI=1S/C29H33N5O4/c1-18-15-19(5-6-20(18)17-32-11-13-33(14-12-32)21-7-8-21)16-30-23-4-2-3-22-26(23)29(38)34(28(22)37)24-9-10-25(35)31-27(24)36/h2-6,15,21,24,30H,7-14,16-17H2,1H3,(H,31,35,36). The van der Waals surface area contributed by atoms with Gasteiger partial charge in [0.2, 0.25) is 11.8 Å². The molecule has 9 nitrogen and oxygen atoms in total. The fourth-order valence-corrected chi connectivity index (χ4v) is 5.87. The van der Waals surface area contributed by atoms with E-state index in [0.29, 0.717) is 12.2 Å². The number of aryl methyl sites for hydroxylation is 1. The van der Waals surface area contributed by atoms with Gasteiger partial charge in [0, 0.05) is 57.4 Å². The molecule has 0 aromatic heterocycles. The summed E-state index contributed by atoms with van der Waals surface area (Å²) in [5.74, 6) is -1.99. The molecule has 2 saturated heterocycles. The van der Waals surface area contributed by atoms with Crippen LogP contribution < -0.4 is 10.6 Å². The number of nitrogens with zero attached hydrogens (tertiary/aromatic N) is 3. The number of piperazine rings is 1. The second-order valence-electron chi connectivity index (χ2n) is 10.8. The van der Waals surface area contributed by atoms with Crippen molar-refractivity contribution in [3.63, 3.8) is 0 Å². The number of carbonyl (C=O) groups excluding carboxylic acids is 4. The van der Waals surface area contributed by atoms with E-state index in [1.165, 1.54) is 24.0 Å². The van der Waals surface area contributed by atoms with E-state index in [0.717, 1.165) is 49.2 Å². The number of hydrogen-bond acceptors (Lipinski definition) is 7. The second-order valence-corrected chi connectivity index (χ2v) is 10.8. The molecule has 2 N–H and O–H groups in total. The van der Waals surface area contributed by atoms with Crippen molar-refractivity contribution in [2.45, 2.75) is 57.8 Å². The molecule has 2 aromatic carbocycles. The van der Waals surface area contributed by atoms with Gasteiger partial charge in [-0.2, -0.15) is 0 Å². The van der Waals surface area contributed by atoms with Gasteiger partial charge in [-0.25, -0.2) is 0 Å². The highest BCUT2D eigenvalue weighted by molar-refractivity contribution is 6.25. The Bertz CT molecular complexity index is 1310. The molecule has 3 heterocycles. The number of piperidine rings is 1. The van der Waals surface area contributed by atoms with Crippen molar-refractivity contribution < 1.29 is 19.2 Å². The van der Waals surface area contributed by atoms with E-state index in [2.05, 4.69) is 45.6 Å². The van der Waals surface area contributed by atoms with Gasteiger partial charge < -0.3 is 5.32 Å². The van der Waals surface area contributed by atoms with Crippen LogP contribution in [0, 0.1) is 6.92 Å². The Hall–Kier alpha value is -3.56. The first-order chi connectivity index (χ1) is 18.4. The summed E-state index contributed by atoms with van der Waals surface area (Å²) in [6.07, 6.45) is 2.97. The maximum atomic E-state index is 13.3. The molecule has 38 heavy (non-hydrogen) atoms. The summed E-state index contributed by atoms with van der Waals surface area (Å²) in [7, 11) is 0. The van der Waals surface area contributed by atoms with Gasteiger partial charge in [-0.3, -0.25) is 39.2 Å². The maximum absolute atomic E-state index is 13.3. The molecule has 0 spiro atoms. The average Bonchev–Trinajstić information content (AvgIpc) is 3.72. The van der Waals surface area contributed by atoms with Gasteiger partial charge in [0.25, 0.3) is 11.8 Å². The van der Waals surface area contributed by atoms with Crippen LogP contribution in [-0.4, -0.2) is 76.6 Å². The van der Waals surface area contributed by atoms with Crippen molar-refractivity contribution in [3.8, 4) is 0 Å². The molecule has 1 unspecified atom stereocenters. The van der Waals surface area contributed by atoms with Crippen LogP contribution in [0.3, 0.4) is 0 Å². The smallest absolute Gasteiger partial charge is 0.264 e. The van der Waals surface area contributed by atoms with E-state index in [-0.39, 0.29) is 29.9 Å². The Labute approximate surface area is 222 Å². The highest BCUT2D eigenvalue weighted by Gasteiger charge is 2.45. The molecule has 4 amide bonds. The van der Waals surface area contributed by atoms with Crippen LogP contribution in [0.1, 0.15) is 63.1 Å². The number of anilines is 1. The third-order valence-corrected chi connectivity index (χ3v) is 8.22. The molecule has 9 heteroatoms. The van der Waals surface area contributed by atoms with E-state index in [1.807, 2.05) is 0 Å². The predicted octanol–water partition coefficient (Wildman–Crippen LogP) is 2.29. The minimum atomic E-state index is -0.972. The van der Waals surface area contributed by atoms with E-state index in [4.69, 9.17) is 0 Å². The highest BCUT2D eigenvalue weighted by Crippen LogP contribution is 2.33. The number of fused-ring (bicyclic) bond motifs is 1. The van der Waals surface area contributed by atoms with Crippen molar-refractivity contribution in [1.29, 1.82) is 0 Å². The first-order valence-electron chi connectivity index (χ1n) is 13.5. The van der Waals surface area contributed by atoms with Crippen LogP contribution in [0.2, 0.25) is 0 Å².